The van der Waals surface area contributed by atoms with Gasteiger partial charge in [0.1, 0.15) is 0 Å². The zero-order chi connectivity index (χ0) is 14.8. The first-order chi connectivity index (χ1) is 10.9. The molecule has 105 valence electrons. The van der Waals surface area contributed by atoms with Gasteiger partial charge in [0.05, 0.1) is 6.20 Å². The Morgan fingerprint density at radius 3 is 2.41 bits per heavy atom. The molecule has 0 bridgehead atoms. The lowest BCUT2D eigenvalue weighted by atomic mass is 10.0. The molecule has 0 spiro atoms. The average molecular weight is 300 g/mol. The van der Waals surface area contributed by atoms with Crippen molar-refractivity contribution in [2.45, 2.75) is 6.42 Å². The molecule has 1 radical (unpaired) electrons. The number of thiophene rings is 1. The fourth-order valence-electron chi connectivity index (χ4n) is 2.71. The molecular formula is C20H14NS. The number of rotatable bonds is 3. The third-order valence-corrected chi connectivity index (χ3v) is 4.86. The average Bonchev–Trinajstić information content (AvgIpc) is 3.02. The van der Waals surface area contributed by atoms with Crippen LogP contribution in [0.4, 0.5) is 0 Å². The molecule has 0 amide bonds. The molecule has 0 aliphatic heterocycles. The Labute approximate surface area is 133 Å². The van der Waals surface area contributed by atoms with Gasteiger partial charge in [0, 0.05) is 28.3 Å². The lowest BCUT2D eigenvalue weighted by Crippen LogP contribution is -1.89. The molecule has 0 aliphatic carbocycles. The summed E-state index contributed by atoms with van der Waals surface area (Å²) in [5.74, 6) is 0. The van der Waals surface area contributed by atoms with E-state index in [-0.39, 0.29) is 0 Å². The van der Waals surface area contributed by atoms with E-state index < -0.39 is 0 Å². The van der Waals surface area contributed by atoms with Crippen molar-refractivity contribution < 1.29 is 0 Å². The van der Waals surface area contributed by atoms with Gasteiger partial charge in [-0.15, -0.1) is 11.3 Å². The minimum atomic E-state index is 0.910. The second-order valence-corrected chi connectivity index (χ2v) is 6.16. The molecule has 0 aliphatic rings. The Morgan fingerprint density at radius 2 is 1.64 bits per heavy atom. The van der Waals surface area contributed by atoms with Crippen LogP contribution in [0, 0.1) is 6.20 Å². The summed E-state index contributed by atoms with van der Waals surface area (Å²) < 4.78 is 1.29. The Balaban J connectivity index is 1.81. The van der Waals surface area contributed by atoms with Crippen LogP contribution in [0.3, 0.4) is 0 Å². The Kier molecular flexibility index (Phi) is 3.45. The van der Waals surface area contributed by atoms with Crippen molar-refractivity contribution in [2.75, 3.05) is 0 Å². The van der Waals surface area contributed by atoms with Crippen molar-refractivity contribution in [2.24, 2.45) is 0 Å². The molecule has 0 N–H and O–H groups in total. The van der Waals surface area contributed by atoms with Gasteiger partial charge >= 0.3 is 0 Å². The molecule has 0 saturated carbocycles. The van der Waals surface area contributed by atoms with E-state index in [1.165, 1.54) is 27.0 Å². The number of aromatic nitrogens is 1. The maximum atomic E-state index is 4.35. The van der Waals surface area contributed by atoms with Gasteiger partial charge in [0.2, 0.25) is 0 Å². The largest absolute Gasteiger partial charge is 0.254 e. The molecule has 2 aromatic heterocycles. The lowest BCUT2D eigenvalue weighted by molar-refractivity contribution is 1.17. The molecule has 2 heterocycles. The number of nitrogens with zero attached hydrogens (tertiary/aromatic N) is 1. The topological polar surface area (TPSA) is 12.9 Å². The highest BCUT2D eigenvalue weighted by atomic mass is 32.1. The highest BCUT2D eigenvalue weighted by Gasteiger charge is 2.10. The highest BCUT2D eigenvalue weighted by molar-refractivity contribution is 7.18. The Bertz CT molecular complexity index is 895. The molecule has 22 heavy (non-hydrogen) atoms. The summed E-state index contributed by atoms with van der Waals surface area (Å²) in [6, 6.07) is 21.0. The van der Waals surface area contributed by atoms with E-state index >= 15 is 0 Å². The fourth-order valence-corrected chi connectivity index (χ4v) is 3.75. The standard InChI is InChI=1S/C20H14NS/c1-3-7-15(8-4-1)11-17-12-21-13-18-19(14-22-20(17)18)16-9-5-2-6-10-16/h1-10,12,14H,11H2. The maximum absolute atomic E-state index is 4.35. The Hall–Kier alpha value is -2.45. The Morgan fingerprint density at radius 1 is 0.909 bits per heavy atom. The molecular weight excluding hydrogens is 286 g/mol. The van der Waals surface area contributed by atoms with Crippen LogP contribution in [-0.4, -0.2) is 4.98 Å². The van der Waals surface area contributed by atoms with E-state index in [0.29, 0.717) is 0 Å². The second kappa shape index (κ2) is 5.74. The number of fused-ring (bicyclic) bond motifs is 1. The zero-order valence-electron chi connectivity index (χ0n) is 12.0. The number of benzene rings is 2. The summed E-state index contributed by atoms with van der Waals surface area (Å²) in [4.78, 5) is 4.35. The summed E-state index contributed by atoms with van der Waals surface area (Å²) in [6.07, 6.45) is 6.04. The fraction of sp³-hybridized carbons (Fsp3) is 0.0500. The summed E-state index contributed by atoms with van der Waals surface area (Å²) in [7, 11) is 0. The van der Waals surface area contributed by atoms with Crippen LogP contribution in [0.5, 0.6) is 0 Å². The van der Waals surface area contributed by atoms with Gasteiger partial charge in [-0.25, -0.2) is 0 Å². The quantitative estimate of drug-likeness (QED) is 0.496. The first-order valence-corrected chi connectivity index (χ1v) is 8.16. The normalized spacial score (nSPS) is 10.9. The first kappa shape index (κ1) is 13.2. The van der Waals surface area contributed by atoms with Crippen LogP contribution >= 0.6 is 11.3 Å². The number of hydrogen-bond acceptors (Lipinski definition) is 2. The molecule has 4 aromatic rings. The van der Waals surface area contributed by atoms with Gasteiger partial charge < -0.3 is 0 Å². The molecule has 2 aromatic carbocycles. The van der Waals surface area contributed by atoms with Crippen LogP contribution in [-0.2, 0) is 6.42 Å². The van der Waals surface area contributed by atoms with Crippen molar-refractivity contribution in [3.05, 3.63) is 89.6 Å². The van der Waals surface area contributed by atoms with E-state index in [9.17, 15) is 0 Å². The van der Waals surface area contributed by atoms with E-state index in [4.69, 9.17) is 0 Å². The van der Waals surface area contributed by atoms with E-state index in [0.717, 1.165) is 11.8 Å². The van der Waals surface area contributed by atoms with Crippen LogP contribution in [0.2, 0.25) is 0 Å². The second-order valence-electron chi connectivity index (χ2n) is 5.28. The van der Waals surface area contributed by atoms with Gasteiger partial charge in [-0.1, -0.05) is 60.7 Å². The highest BCUT2D eigenvalue weighted by Crippen LogP contribution is 2.35. The molecule has 0 saturated heterocycles. The van der Waals surface area contributed by atoms with Crippen molar-refractivity contribution in [3.8, 4) is 11.1 Å². The summed E-state index contributed by atoms with van der Waals surface area (Å²) in [5.41, 5.74) is 5.03. The van der Waals surface area contributed by atoms with E-state index in [1.54, 1.807) is 11.3 Å². The predicted molar refractivity (Wildman–Crippen MR) is 93.1 cm³/mol. The predicted octanol–water partition coefficient (Wildman–Crippen LogP) is 5.35. The van der Waals surface area contributed by atoms with Crippen molar-refractivity contribution in [1.29, 1.82) is 0 Å². The van der Waals surface area contributed by atoms with Crippen LogP contribution < -0.4 is 0 Å². The summed E-state index contributed by atoms with van der Waals surface area (Å²) >= 11 is 1.78. The number of pyridine rings is 1. The minimum absolute atomic E-state index is 0.910. The van der Waals surface area contributed by atoms with Gasteiger partial charge in [-0.3, -0.25) is 4.98 Å². The summed E-state index contributed by atoms with van der Waals surface area (Å²) in [6.45, 7) is 0. The van der Waals surface area contributed by atoms with Gasteiger partial charge in [-0.05, 0) is 22.1 Å². The smallest absolute Gasteiger partial charge is 0.0986 e. The van der Waals surface area contributed by atoms with Gasteiger partial charge in [-0.2, -0.15) is 0 Å². The van der Waals surface area contributed by atoms with Crippen LogP contribution in [0.1, 0.15) is 11.1 Å². The zero-order valence-corrected chi connectivity index (χ0v) is 12.8. The number of hydrogen-bond donors (Lipinski definition) is 0. The van der Waals surface area contributed by atoms with Crippen LogP contribution in [0.15, 0.2) is 72.2 Å². The first-order valence-electron chi connectivity index (χ1n) is 7.28. The van der Waals surface area contributed by atoms with Crippen molar-refractivity contribution >= 4 is 21.4 Å². The molecule has 4 rings (SSSR count). The van der Waals surface area contributed by atoms with E-state index in [1.807, 2.05) is 12.3 Å². The van der Waals surface area contributed by atoms with Crippen molar-refractivity contribution in [1.82, 2.24) is 4.98 Å². The summed E-state index contributed by atoms with van der Waals surface area (Å²) in [5, 5.41) is 3.34. The molecule has 1 nitrogen and oxygen atoms in total. The van der Waals surface area contributed by atoms with Crippen LogP contribution in [0.25, 0.3) is 21.2 Å². The lowest BCUT2D eigenvalue weighted by Gasteiger charge is -2.04. The minimum Gasteiger partial charge on any atom is -0.254 e. The van der Waals surface area contributed by atoms with Gasteiger partial charge in [0.15, 0.2) is 0 Å². The third kappa shape index (κ3) is 2.42. The monoisotopic (exact) mass is 300 g/mol. The van der Waals surface area contributed by atoms with Gasteiger partial charge in [0.25, 0.3) is 0 Å². The molecule has 0 atom stereocenters. The third-order valence-electron chi connectivity index (χ3n) is 3.80. The van der Waals surface area contributed by atoms with E-state index in [2.05, 4.69) is 71.2 Å². The maximum Gasteiger partial charge on any atom is 0.0986 e. The molecule has 2 heteroatoms. The molecule has 0 unspecified atom stereocenters. The van der Waals surface area contributed by atoms with Crippen molar-refractivity contribution in [3.63, 3.8) is 0 Å². The molecule has 0 fully saturated rings. The SMILES string of the molecule is [c]1ncc(Cc2ccccc2)c2scc(-c3ccccc3)c12.